The number of aromatic nitrogens is 2. The first-order valence-electron chi connectivity index (χ1n) is 11.6. The highest BCUT2D eigenvalue weighted by atomic mass is 19.1. The van der Waals surface area contributed by atoms with Crippen LogP contribution in [-0.4, -0.2) is 47.1 Å². The Morgan fingerprint density at radius 1 is 1.06 bits per heavy atom. The lowest BCUT2D eigenvalue weighted by molar-refractivity contribution is 0.162. The van der Waals surface area contributed by atoms with Crippen LogP contribution in [0.1, 0.15) is 30.9 Å². The second-order valence-electron chi connectivity index (χ2n) is 8.31. The molecule has 4 rings (SSSR count). The summed E-state index contributed by atoms with van der Waals surface area (Å²) in [6, 6.07) is 17.9. The zero-order valence-electron chi connectivity index (χ0n) is 18.7. The van der Waals surface area contributed by atoms with E-state index in [0.29, 0.717) is 18.5 Å². The maximum absolute atomic E-state index is 13.1. The summed E-state index contributed by atoms with van der Waals surface area (Å²) in [7, 11) is 0. The van der Waals surface area contributed by atoms with E-state index in [1.54, 1.807) is 6.20 Å². The van der Waals surface area contributed by atoms with Gasteiger partial charge in [-0.25, -0.2) is 14.4 Å². The molecular formula is C26H32FN5. The Morgan fingerprint density at radius 2 is 1.88 bits per heavy atom. The number of hydrogen-bond donors (Lipinski definition) is 2. The molecular weight excluding hydrogens is 401 g/mol. The molecule has 0 aliphatic carbocycles. The second kappa shape index (κ2) is 11.2. The van der Waals surface area contributed by atoms with Gasteiger partial charge in [0.2, 0.25) is 5.95 Å². The predicted molar refractivity (Wildman–Crippen MR) is 128 cm³/mol. The largest absolute Gasteiger partial charge is 0.354 e. The summed E-state index contributed by atoms with van der Waals surface area (Å²) >= 11 is 0. The van der Waals surface area contributed by atoms with E-state index >= 15 is 0 Å². The molecule has 1 fully saturated rings. The van der Waals surface area contributed by atoms with Crippen LogP contribution in [0.15, 0.2) is 60.8 Å². The van der Waals surface area contributed by atoms with Crippen molar-refractivity contribution < 1.29 is 4.39 Å². The lowest BCUT2D eigenvalue weighted by Gasteiger charge is -2.34. The molecule has 0 amide bonds. The molecule has 2 heterocycles. The summed E-state index contributed by atoms with van der Waals surface area (Å²) in [5.41, 5.74) is 4.41. The van der Waals surface area contributed by atoms with E-state index in [4.69, 9.17) is 4.98 Å². The highest BCUT2D eigenvalue weighted by Crippen LogP contribution is 2.22. The van der Waals surface area contributed by atoms with Gasteiger partial charge in [0.1, 0.15) is 5.82 Å². The average molecular weight is 434 g/mol. The lowest BCUT2D eigenvalue weighted by Crippen LogP contribution is -2.42. The van der Waals surface area contributed by atoms with E-state index in [2.05, 4.69) is 51.7 Å². The van der Waals surface area contributed by atoms with Crippen molar-refractivity contribution in [3.63, 3.8) is 0 Å². The number of benzene rings is 2. The molecule has 1 aromatic heterocycles. The molecule has 168 valence electrons. The third-order valence-electron chi connectivity index (χ3n) is 6.11. The van der Waals surface area contributed by atoms with Gasteiger partial charge in [0, 0.05) is 30.9 Å². The van der Waals surface area contributed by atoms with Crippen molar-refractivity contribution >= 4 is 5.95 Å². The van der Waals surface area contributed by atoms with Gasteiger partial charge in [-0.2, -0.15) is 0 Å². The number of rotatable bonds is 9. The minimum absolute atomic E-state index is 0.210. The summed E-state index contributed by atoms with van der Waals surface area (Å²) in [6.45, 7) is 7.18. The van der Waals surface area contributed by atoms with Crippen molar-refractivity contribution in [2.24, 2.45) is 0 Å². The number of nitrogens with zero attached hydrogens (tertiary/aromatic N) is 3. The standard InChI is InChI=1S/C26H32FN5/c1-2-32(24-11-14-28-15-12-24)19-21-4-3-5-22(18-21)25-13-17-30-26(31-25)29-16-10-20-6-8-23(27)9-7-20/h3-9,13,17-18,24,28H,2,10-12,14-16,19H2,1H3,(H,29,30,31). The summed E-state index contributed by atoms with van der Waals surface area (Å²) in [5.74, 6) is 0.401. The lowest BCUT2D eigenvalue weighted by atomic mass is 10.0. The molecule has 2 aromatic carbocycles. The van der Waals surface area contributed by atoms with Gasteiger partial charge in [-0.1, -0.05) is 37.3 Å². The molecule has 1 aliphatic rings. The van der Waals surface area contributed by atoms with Gasteiger partial charge in [-0.05, 0) is 74.3 Å². The van der Waals surface area contributed by atoms with Crippen molar-refractivity contribution in [1.82, 2.24) is 20.2 Å². The molecule has 5 nitrogen and oxygen atoms in total. The summed E-state index contributed by atoms with van der Waals surface area (Å²) in [6.07, 6.45) is 5.01. The fraction of sp³-hybridized carbons (Fsp3) is 0.385. The van der Waals surface area contributed by atoms with Crippen molar-refractivity contribution in [2.45, 2.75) is 38.8 Å². The summed E-state index contributed by atoms with van der Waals surface area (Å²) in [4.78, 5) is 11.7. The van der Waals surface area contributed by atoms with Gasteiger partial charge in [0.15, 0.2) is 0 Å². The van der Waals surface area contributed by atoms with Crippen LogP contribution < -0.4 is 10.6 Å². The van der Waals surface area contributed by atoms with E-state index in [9.17, 15) is 4.39 Å². The van der Waals surface area contributed by atoms with Gasteiger partial charge in [-0.3, -0.25) is 4.90 Å². The van der Waals surface area contributed by atoms with Gasteiger partial charge in [0.25, 0.3) is 0 Å². The molecule has 32 heavy (non-hydrogen) atoms. The molecule has 0 unspecified atom stereocenters. The van der Waals surface area contributed by atoms with E-state index in [1.165, 1.54) is 30.5 Å². The van der Waals surface area contributed by atoms with Crippen LogP contribution in [0.4, 0.5) is 10.3 Å². The Bertz CT molecular complexity index is 986. The topological polar surface area (TPSA) is 53.1 Å². The Kier molecular flexibility index (Phi) is 7.80. The molecule has 0 bridgehead atoms. The average Bonchev–Trinajstić information content (AvgIpc) is 2.85. The van der Waals surface area contributed by atoms with Crippen molar-refractivity contribution in [1.29, 1.82) is 0 Å². The number of anilines is 1. The van der Waals surface area contributed by atoms with Crippen molar-refractivity contribution in [3.05, 3.63) is 77.7 Å². The smallest absolute Gasteiger partial charge is 0.223 e. The quantitative estimate of drug-likeness (QED) is 0.520. The summed E-state index contributed by atoms with van der Waals surface area (Å²) < 4.78 is 13.1. The van der Waals surface area contributed by atoms with Crippen molar-refractivity contribution in [3.8, 4) is 11.3 Å². The molecule has 1 saturated heterocycles. The van der Waals surface area contributed by atoms with Crippen LogP contribution in [0.5, 0.6) is 0 Å². The molecule has 3 aromatic rings. The number of hydrogen-bond acceptors (Lipinski definition) is 5. The Labute approximate surface area is 190 Å². The number of nitrogens with one attached hydrogen (secondary N) is 2. The third-order valence-corrected chi connectivity index (χ3v) is 6.11. The van der Waals surface area contributed by atoms with Gasteiger partial charge >= 0.3 is 0 Å². The van der Waals surface area contributed by atoms with E-state index in [-0.39, 0.29) is 5.82 Å². The first-order chi connectivity index (χ1) is 15.7. The monoisotopic (exact) mass is 433 g/mol. The molecule has 0 spiro atoms. The normalized spacial score (nSPS) is 14.6. The fourth-order valence-corrected chi connectivity index (χ4v) is 4.31. The molecule has 6 heteroatoms. The first kappa shape index (κ1) is 22.4. The third kappa shape index (κ3) is 6.11. The first-order valence-corrected chi connectivity index (χ1v) is 11.6. The van der Waals surface area contributed by atoms with Gasteiger partial charge in [0.05, 0.1) is 5.69 Å². The maximum atomic E-state index is 13.1. The molecule has 0 atom stereocenters. The van der Waals surface area contributed by atoms with E-state index < -0.39 is 0 Å². The molecule has 1 aliphatic heterocycles. The minimum atomic E-state index is -0.210. The minimum Gasteiger partial charge on any atom is -0.354 e. The molecule has 0 radical (unpaired) electrons. The molecule has 0 saturated carbocycles. The highest BCUT2D eigenvalue weighted by molar-refractivity contribution is 5.60. The predicted octanol–water partition coefficient (Wildman–Crippen LogP) is 4.51. The Hall–Kier alpha value is -2.83. The Balaban J connectivity index is 1.39. The van der Waals surface area contributed by atoms with Crippen LogP contribution in [0.25, 0.3) is 11.3 Å². The van der Waals surface area contributed by atoms with Gasteiger partial charge < -0.3 is 10.6 Å². The second-order valence-corrected chi connectivity index (χ2v) is 8.31. The van der Waals surface area contributed by atoms with E-state index in [0.717, 1.165) is 49.4 Å². The van der Waals surface area contributed by atoms with E-state index in [1.807, 2.05) is 18.2 Å². The van der Waals surface area contributed by atoms with Crippen LogP contribution in [0.3, 0.4) is 0 Å². The number of halogens is 1. The van der Waals surface area contributed by atoms with Crippen LogP contribution in [-0.2, 0) is 13.0 Å². The Morgan fingerprint density at radius 3 is 2.66 bits per heavy atom. The summed E-state index contributed by atoms with van der Waals surface area (Å²) in [5, 5.41) is 6.74. The fourth-order valence-electron chi connectivity index (χ4n) is 4.31. The SMILES string of the molecule is CCN(Cc1cccc(-c2ccnc(NCCc3ccc(F)cc3)n2)c1)C1CCNCC1. The van der Waals surface area contributed by atoms with Crippen LogP contribution in [0.2, 0.25) is 0 Å². The molecule has 2 N–H and O–H groups in total. The highest BCUT2D eigenvalue weighted by Gasteiger charge is 2.19. The van der Waals surface area contributed by atoms with Crippen LogP contribution in [0, 0.1) is 5.82 Å². The van der Waals surface area contributed by atoms with Gasteiger partial charge in [-0.15, -0.1) is 0 Å². The zero-order valence-corrected chi connectivity index (χ0v) is 18.7. The van der Waals surface area contributed by atoms with Crippen molar-refractivity contribution in [2.75, 3.05) is 31.5 Å². The van der Waals surface area contributed by atoms with Crippen LogP contribution >= 0.6 is 0 Å². The zero-order chi connectivity index (χ0) is 22.2. The number of piperidine rings is 1. The maximum Gasteiger partial charge on any atom is 0.223 e.